The van der Waals surface area contributed by atoms with Gasteiger partial charge in [-0.15, -0.1) is 0 Å². The van der Waals surface area contributed by atoms with Gasteiger partial charge >= 0.3 is 0 Å². The van der Waals surface area contributed by atoms with Gasteiger partial charge in [0.05, 0.1) is 4.90 Å². The normalized spacial score (nSPS) is 28.7. The van der Waals surface area contributed by atoms with Gasteiger partial charge < -0.3 is 10.6 Å². The van der Waals surface area contributed by atoms with Crippen molar-refractivity contribution in [2.45, 2.75) is 48.7 Å². The summed E-state index contributed by atoms with van der Waals surface area (Å²) in [5, 5.41) is 0. The van der Waals surface area contributed by atoms with E-state index in [1.54, 1.807) is 12.1 Å². The molecule has 2 unspecified atom stereocenters. The van der Waals surface area contributed by atoms with Gasteiger partial charge in [0.2, 0.25) is 0 Å². The van der Waals surface area contributed by atoms with Crippen LogP contribution in [0.1, 0.15) is 36.0 Å². The van der Waals surface area contributed by atoms with Gasteiger partial charge in [0.25, 0.3) is 5.91 Å². The quantitative estimate of drug-likeness (QED) is 0.890. The summed E-state index contributed by atoms with van der Waals surface area (Å²) in [4.78, 5) is 14.8. The first-order chi connectivity index (χ1) is 9.86. The van der Waals surface area contributed by atoms with Gasteiger partial charge in [-0.05, 0) is 43.9 Å². The molecule has 2 heterocycles. The van der Waals surface area contributed by atoms with Crippen molar-refractivity contribution in [3.05, 3.63) is 29.8 Å². The van der Waals surface area contributed by atoms with Crippen LogP contribution in [0.4, 0.5) is 0 Å². The van der Waals surface area contributed by atoms with Crippen LogP contribution >= 0.6 is 0 Å². The van der Waals surface area contributed by atoms with E-state index >= 15 is 0 Å². The molecule has 6 heteroatoms. The predicted molar refractivity (Wildman–Crippen MR) is 79.7 cm³/mol. The lowest BCUT2D eigenvalue weighted by atomic mass is 9.97. The number of benzene rings is 1. The van der Waals surface area contributed by atoms with E-state index in [1.165, 1.54) is 12.1 Å². The zero-order chi connectivity index (χ0) is 15.2. The summed E-state index contributed by atoms with van der Waals surface area (Å²) in [6.07, 6.45) is 4.83. The fourth-order valence-electron chi connectivity index (χ4n) is 3.56. The van der Waals surface area contributed by atoms with E-state index in [-0.39, 0.29) is 28.9 Å². The molecule has 1 aromatic carbocycles. The molecule has 2 aliphatic rings. The molecular weight excluding hydrogens is 288 g/mol. The molecule has 1 amide bonds. The highest BCUT2D eigenvalue weighted by Crippen LogP contribution is 2.36. The smallest absolute Gasteiger partial charge is 0.254 e. The van der Waals surface area contributed by atoms with Crippen molar-refractivity contribution in [1.82, 2.24) is 4.90 Å². The van der Waals surface area contributed by atoms with Crippen molar-refractivity contribution in [3.63, 3.8) is 0 Å². The predicted octanol–water partition coefficient (Wildman–Crippen LogP) is 1.18. The third kappa shape index (κ3) is 2.70. The Morgan fingerprint density at radius 2 is 1.86 bits per heavy atom. The molecule has 0 radical (unpaired) electrons. The molecule has 0 saturated carbocycles. The highest BCUT2D eigenvalue weighted by atomic mass is 32.2. The molecule has 2 N–H and O–H groups in total. The van der Waals surface area contributed by atoms with Gasteiger partial charge in [0, 0.05) is 29.9 Å². The second-order valence-corrected chi connectivity index (χ2v) is 8.14. The number of hydrogen-bond donors (Lipinski definition) is 1. The van der Waals surface area contributed by atoms with Gasteiger partial charge in [-0.2, -0.15) is 0 Å². The van der Waals surface area contributed by atoms with E-state index in [9.17, 15) is 13.2 Å². The number of rotatable bonds is 2. The summed E-state index contributed by atoms with van der Waals surface area (Å²) >= 11 is 0. The summed E-state index contributed by atoms with van der Waals surface area (Å²) < 4.78 is 23.3. The molecule has 114 valence electrons. The number of piperidine rings is 1. The number of sulfone groups is 1. The molecule has 0 aromatic heterocycles. The zero-order valence-corrected chi connectivity index (χ0v) is 12.8. The Kier molecular flexibility index (Phi) is 3.53. The number of hydrogen-bond acceptors (Lipinski definition) is 4. The van der Waals surface area contributed by atoms with E-state index in [2.05, 4.69) is 0 Å². The van der Waals surface area contributed by atoms with E-state index in [0.717, 1.165) is 31.9 Å². The largest absolute Gasteiger partial charge is 0.333 e. The second-order valence-electron chi connectivity index (χ2n) is 6.13. The maximum absolute atomic E-state index is 12.7. The SMILES string of the molecule is CS(=O)(=O)c1cccc(C(=O)N2C3CCC2CC(N)C3)c1. The number of nitrogens with zero attached hydrogens (tertiary/aromatic N) is 1. The van der Waals surface area contributed by atoms with Gasteiger partial charge in [-0.1, -0.05) is 6.07 Å². The molecule has 2 bridgehead atoms. The van der Waals surface area contributed by atoms with Crippen molar-refractivity contribution >= 4 is 15.7 Å². The zero-order valence-electron chi connectivity index (χ0n) is 12.0. The van der Waals surface area contributed by atoms with Crippen LogP contribution < -0.4 is 5.73 Å². The van der Waals surface area contributed by atoms with Crippen LogP contribution in [0.2, 0.25) is 0 Å². The Morgan fingerprint density at radius 1 is 1.24 bits per heavy atom. The van der Waals surface area contributed by atoms with Gasteiger partial charge in [-0.3, -0.25) is 4.79 Å². The molecule has 2 atom stereocenters. The third-order valence-electron chi connectivity index (χ3n) is 4.51. The van der Waals surface area contributed by atoms with Crippen molar-refractivity contribution in [1.29, 1.82) is 0 Å². The van der Waals surface area contributed by atoms with Gasteiger partial charge in [-0.25, -0.2) is 8.42 Å². The number of nitrogens with two attached hydrogens (primary N) is 1. The molecule has 5 nitrogen and oxygen atoms in total. The van der Waals surface area contributed by atoms with Crippen LogP contribution in [0.15, 0.2) is 29.2 Å². The average molecular weight is 308 g/mol. The maximum atomic E-state index is 12.7. The Morgan fingerprint density at radius 3 is 2.43 bits per heavy atom. The molecule has 2 fully saturated rings. The minimum absolute atomic E-state index is 0.0695. The van der Waals surface area contributed by atoms with Crippen LogP contribution in [-0.2, 0) is 9.84 Å². The summed E-state index contributed by atoms with van der Waals surface area (Å²) in [6, 6.07) is 6.89. The highest BCUT2D eigenvalue weighted by Gasteiger charge is 2.42. The Balaban J connectivity index is 1.90. The van der Waals surface area contributed by atoms with E-state index in [0.29, 0.717) is 5.56 Å². The number of carbonyl (C=O) groups excluding carboxylic acids is 1. The van der Waals surface area contributed by atoms with E-state index < -0.39 is 9.84 Å². The topological polar surface area (TPSA) is 80.5 Å². The first-order valence-corrected chi connectivity index (χ1v) is 9.14. The third-order valence-corrected chi connectivity index (χ3v) is 5.62. The van der Waals surface area contributed by atoms with Gasteiger partial charge in [0.1, 0.15) is 0 Å². The van der Waals surface area contributed by atoms with Crippen molar-refractivity contribution < 1.29 is 13.2 Å². The molecule has 2 saturated heterocycles. The maximum Gasteiger partial charge on any atom is 0.254 e. The minimum Gasteiger partial charge on any atom is -0.333 e. The first kappa shape index (κ1) is 14.5. The lowest BCUT2D eigenvalue weighted by Gasteiger charge is -2.37. The van der Waals surface area contributed by atoms with Crippen molar-refractivity contribution in [2.24, 2.45) is 5.73 Å². The Hall–Kier alpha value is -1.40. The summed E-state index contributed by atoms with van der Waals surface area (Å²) in [5.41, 5.74) is 6.47. The average Bonchev–Trinajstić information content (AvgIpc) is 2.69. The van der Waals surface area contributed by atoms with Gasteiger partial charge in [0.15, 0.2) is 9.84 Å². The molecule has 21 heavy (non-hydrogen) atoms. The van der Waals surface area contributed by atoms with E-state index in [4.69, 9.17) is 5.73 Å². The standard InChI is InChI=1S/C15H20N2O3S/c1-21(19,20)14-4-2-3-10(7-14)15(18)17-12-5-6-13(17)9-11(16)8-12/h2-4,7,11-13H,5-6,8-9,16H2,1H3. The van der Waals surface area contributed by atoms with Crippen LogP contribution in [0.3, 0.4) is 0 Å². The highest BCUT2D eigenvalue weighted by molar-refractivity contribution is 7.90. The molecule has 0 spiro atoms. The van der Waals surface area contributed by atoms with Crippen molar-refractivity contribution in [3.8, 4) is 0 Å². The summed E-state index contributed by atoms with van der Waals surface area (Å²) in [7, 11) is -3.30. The van der Waals surface area contributed by atoms with Crippen LogP contribution in [0.5, 0.6) is 0 Å². The molecule has 2 aliphatic heterocycles. The van der Waals surface area contributed by atoms with E-state index in [1.807, 2.05) is 4.90 Å². The summed E-state index contributed by atoms with van der Waals surface area (Å²) in [5.74, 6) is -0.0695. The second kappa shape index (κ2) is 5.10. The minimum atomic E-state index is -3.30. The number of fused-ring (bicyclic) bond motifs is 2. The summed E-state index contributed by atoms with van der Waals surface area (Å²) in [6.45, 7) is 0. The van der Waals surface area contributed by atoms with Crippen LogP contribution in [0.25, 0.3) is 0 Å². The molecular formula is C15H20N2O3S. The fourth-order valence-corrected chi connectivity index (χ4v) is 4.23. The Bertz CT molecular complexity index is 657. The van der Waals surface area contributed by atoms with Crippen LogP contribution in [-0.4, -0.2) is 43.6 Å². The number of carbonyl (C=O) groups is 1. The lowest BCUT2D eigenvalue weighted by molar-refractivity contribution is 0.0575. The van der Waals surface area contributed by atoms with Crippen LogP contribution in [0, 0.1) is 0 Å². The monoisotopic (exact) mass is 308 g/mol. The first-order valence-electron chi connectivity index (χ1n) is 7.24. The molecule has 1 aromatic rings. The fraction of sp³-hybridized carbons (Fsp3) is 0.533. The molecule has 3 rings (SSSR count). The number of amides is 1. The van der Waals surface area contributed by atoms with Crippen molar-refractivity contribution in [2.75, 3.05) is 6.26 Å². The Labute approximate surface area is 125 Å². The lowest BCUT2D eigenvalue weighted by Crippen LogP contribution is -2.50. The molecule has 0 aliphatic carbocycles.